The summed E-state index contributed by atoms with van der Waals surface area (Å²) in [5, 5.41) is 3.01. The zero-order chi connectivity index (χ0) is 17.1. The van der Waals surface area contributed by atoms with E-state index >= 15 is 0 Å². The highest BCUT2D eigenvalue weighted by Gasteiger charge is 2.43. The molecule has 1 N–H and O–H groups in total. The predicted octanol–water partition coefficient (Wildman–Crippen LogP) is 1.92. The zero-order valence-electron chi connectivity index (χ0n) is 14.7. The Bertz CT molecular complexity index is 556. The molecular weight excluding hydrogens is 320 g/mol. The lowest BCUT2D eigenvalue weighted by Gasteiger charge is -2.41. The molecule has 0 radical (unpaired) electrons. The van der Waals surface area contributed by atoms with Gasteiger partial charge in [-0.15, -0.1) is 0 Å². The number of furan rings is 1. The molecule has 3 heterocycles. The molecule has 1 aromatic heterocycles. The van der Waals surface area contributed by atoms with Crippen molar-refractivity contribution in [2.75, 3.05) is 39.5 Å². The molecule has 1 saturated carbocycles. The van der Waals surface area contributed by atoms with Crippen LogP contribution in [-0.4, -0.2) is 62.4 Å². The van der Waals surface area contributed by atoms with Crippen molar-refractivity contribution in [1.82, 2.24) is 10.2 Å². The summed E-state index contributed by atoms with van der Waals surface area (Å²) in [6, 6.07) is 3.93. The number of nitrogens with zero attached hydrogens (tertiary/aromatic N) is 1. The van der Waals surface area contributed by atoms with Gasteiger partial charge in [-0.25, -0.2) is 0 Å². The molecule has 1 aromatic rings. The van der Waals surface area contributed by atoms with E-state index in [2.05, 4.69) is 10.2 Å². The fourth-order valence-electron chi connectivity index (χ4n) is 4.56. The Hall–Kier alpha value is -1.37. The number of rotatable bonds is 5. The van der Waals surface area contributed by atoms with Crippen molar-refractivity contribution in [3.05, 3.63) is 24.2 Å². The maximum atomic E-state index is 12.1. The summed E-state index contributed by atoms with van der Waals surface area (Å²) in [6.45, 7) is 5.47. The third-order valence-electron chi connectivity index (χ3n) is 5.94. The zero-order valence-corrected chi connectivity index (χ0v) is 14.7. The van der Waals surface area contributed by atoms with Gasteiger partial charge in [-0.3, -0.25) is 9.69 Å². The first kappa shape index (κ1) is 17.1. The summed E-state index contributed by atoms with van der Waals surface area (Å²) in [7, 11) is 0. The molecule has 2 aliphatic heterocycles. The molecule has 0 aromatic carbocycles. The Morgan fingerprint density at radius 2 is 2.08 bits per heavy atom. The van der Waals surface area contributed by atoms with Crippen molar-refractivity contribution < 1.29 is 18.7 Å². The molecule has 3 atom stereocenters. The Morgan fingerprint density at radius 1 is 1.20 bits per heavy atom. The number of nitrogens with one attached hydrogen (secondary N) is 1. The van der Waals surface area contributed by atoms with Crippen LogP contribution in [-0.2, 0) is 9.47 Å². The van der Waals surface area contributed by atoms with Gasteiger partial charge >= 0.3 is 0 Å². The normalized spacial score (nSPS) is 31.0. The molecule has 6 heteroatoms. The predicted molar refractivity (Wildman–Crippen MR) is 92.4 cm³/mol. The number of hydrogen-bond donors (Lipinski definition) is 1. The summed E-state index contributed by atoms with van der Waals surface area (Å²) in [6.07, 6.45) is 6.39. The smallest absolute Gasteiger partial charge is 0.286 e. The van der Waals surface area contributed by atoms with Gasteiger partial charge in [-0.05, 0) is 43.7 Å². The van der Waals surface area contributed by atoms with E-state index in [1.54, 1.807) is 12.1 Å². The molecule has 0 bridgehead atoms. The molecular formula is C19H28N2O4. The minimum absolute atomic E-state index is 0.136. The van der Waals surface area contributed by atoms with Crippen molar-refractivity contribution in [3.8, 4) is 0 Å². The average molecular weight is 348 g/mol. The Balaban J connectivity index is 1.30. The van der Waals surface area contributed by atoms with E-state index < -0.39 is 0 Å². The SMILES string of the molecule is O=C(NC[C@@H]1CC[C@H]2[C@@H]1OCCN2CC1CCOCC1)c1ccco1. The lowest BCUT2D eigenvalue weighted by molar-refractivity contribution is -0.0809. The molecule has 6 nitrogen and oxygen atoms in total. The molecule has 0 unspecified atom stereocenters. The number of amides is 1. The van der Waals surface area contributed by atoms with Crippen LogP contribution in [0.4, 0.5) is 0 Å². The number of hydrogen-bond acceptors (Lipinski definition) is 5. The van der Waals surface area contributed by atoms with Crippen LogP contribution in [0.5, 0.6) is 0 Å². The lowest BCUT2D eigenvalue weighted by Crippen LogP contribution is -2.52. The van der Waals surface area contributed by atoms with E-state index in [0.717, 1.165) is 45.1 Å². The molecule has 0 spiro atoms. The van der Waals surface area contributed by atoms with Gasteiger partial charge in [-0.2, -0.15) is 0 Å². The molecule has 138 valence electrons. The van der Waals surface area contributed by atoms with E-state index in [-0.39, 0.29) is 12.0 Å². The maximum Gasteiger partial charge on any atom is 0.286 e. The van der Waals surface area contributed by atoms with Crippen LogP contribution >= 0.6 is 0 Å². The van der Waals surface area contributed by atoms with Gasteiger partial charge < -0.3 is 19.2 Å². The molecule has 4 rings (SSSR count). The second-order valence-corrected chi connectivity index (χ2v) is 7.48. The van der Waals surface area contributed by atoms with E-state index in [1.807, 2.05) is 0 Å². The highest BCUT2D eigenvalue weighted by Crippen LogP contribution is 2.35. The largest absolute Gasteiger partial charge is 0.459 e. The topological polar surface area (TPSA) is 63.9 Å². The van der Waals surface area contributed by atoms with Crippen LogP contribution in [0.25, 0.3) is 0 Å². The Kier molecular flexibility index (Phi) is 5.39. The van der Waals surface area contributed by atoms with Crippen molar-refractivity contribution >= 4 is 5.91 Å². The number of ether oxygens (including phenoxy) is 2. The second-order valence-electron chi connectivity index (χ2n) is 7.48. The molecule has 3 aliphatic rings. The fraction of sp³-hybridized carbons (Fsp3) is 0.737. The van der Waals surface area contributed by atoms with E-state index in [4.69, 9.17) is 13.9 Å². The quantitative estimate of drug-likeness (QED) is 0.881. The molecule has 3 fully saturated rings. The Labute approximate surface area is 148 Å². The van der Waals surface area contributed by atoms with Crippen LogP contribution in [0.15, 0.2) is 22.8 Å². The van der Waals surface area contributed by atoms with Crippen molar-refractivity contribution in [1.29, 1.82) is 0 Å². The summed E-state index contributed by atoms with van der Waals surface area (Å²) < 4.78 is 16.8. The third kappa shape index (κ3) is 3.91. The number of fused-ring (bicyclic) bond motifs is 1. The molecule has 1 aliphatic carbocycles. The molecule has 2 saturated heterocycles. The first-order valence-corrected chi connectivity index (χ1v) is 9.56. The summed E-state index contributed by atoms with van der Waals surface area (Å²) in [5.41, 5.74) is 0. The minimum atomic E-state index is -0.136. The van der Waals surface area contributed by atoms with Crippen LogP contribution in [0, 0.1) is 11.8 Å². The van der Waals surface area contributed by atoms with E-state index in [0.29, 0.717) is 24.3 Å². The van der Waals surface area contributed by atoms with E-state index in [9.17, 15) is 4.79 Å². The summed E-state index contributed by atoms with van der Waals surface area (Å²) in [5.74, 6) is 1.38. The highest BCUT2D eigenvalue weighted by molar-refractivity contribution is 5.91. The van der Waals surface area contributed by atoms with E-state index in [1.165, 1.54) is 25.6 Å². The first-order valence-electron chi connectivity index (χ1n) is 9.56. The fourth-order valence-corrected chi connectivity index (χ4v) is 4.56. The number of carbonyl (C=O) groups excluding carboxylic acids is 1. The van der Waals surface area contributed by atoms with Gasteiger partial charge in [-0.1, -0.05) is 0 Å². The van der Waals surface area contributed by atoms with Gasteiger partial charge in [0.2, 0.25) is 0 Å². The first-order chi connectivity index (χ1) is 12.3. The number of carbonyl (C=O) groups is 1. The molecule has 1 amide bonds. The molecule has 25 heavy (non-hydrogen) atoms. The summed E-state index contributed by atoms with van der Waals surface area (Å²) in [4.78, 5) is 14.7. The van der Waals surface area contributed by atoms with Gasteiger partial charge in [0.15, 0.2) is 5.76 Å². The van der Waals surface area contributed by atoms with Crippen LogP contribution in [0.3, 0.4) is 0 Å². The van der Waals surface area contributed by atoms with Crippen LogP contribution in [0.1, 0.15) is 36.2 Å². The standard InChI is InChI=1S/C19H28N2O4/c22-19(17-2-1-8-24-17)20-12-15-3-4-16-18(15)25-11-7-21(16)13-14-5-9-23-10-6-14/h1-2,8,14-16,18H,3-7,9-13H2,(H,20,22)/t15-,16-,18+/m0/s1. The third-order valence-corrected chi connectivity index (χ3v) is 5.94. The second kappa shape index (κ2) is 7.89. The van der Waals surface area contributed by atoms with Crippen molar-refractivity contribution in [3.63, 3.8) is 0 Å². The van der Waals surface area contributed by atoms with Crippen molar-refractivity contribution in [2.24, 2.45) is 11.8 Å². The monoisotopic (exact) mass is 348 g/mol. The van der Waals surface area contributed by atoms with Gasteiger partial charge in [0, 0.05) is 44.8 Å². The van der Waals surface area contributed by atoms with Gasteiger partial charge in [0.05, 0.1) is 19.0 Å². The van der Waals surface area contributed by atoms with Crippen LogP contribution < -0.4 is 5.32 Å². The Morgan fingerprint density at radius 3 is 2.88 bits per heavy atom. The highest BCUT2D eigenvalue weighted by atomic mass is 16.5. The van der Waals surface area contributed by atoms with Crippen LogP contribution in [0.2, 0.25) is 0 Å². The average Bonchev–Trinajstić information content (AvgIpc) is 3.31. The van der Waals surface area contributed by atoms with Crippen molar-refractivity contribution in [2.45, 2.75) is 37.8 Å². The minimum Gasteiger partial charge on any atom is -0.459 e. The lowest BCUT2D eigenvalue weighted by atomic mass is 9.97. The number of morpholine rings is 1. The summed E-state index contributed by atoms with van der Waals surface area (Å²) >= 11 is 0. The van der Waals surface area contributed by atoms with Gasteiger partial charge in [0.1, 0.15) is 0 Å². The van der Waals surface area contributed by atoms with Gasteiger partial charge in [0.25, 0.3) is 5.91 Å². The maximum absolute atomic E-state index is 12.1.